The van der Waals surface area contributed by atoms with Crippen LogP contribution in [0.4, 0.5) is 0 Å². The van der Waals surface area contributed by atoms with Crippen LogP contribution in [0.5, 0.6) is 0 Å². The van der Waals surface area contributed by atoms with Crippen LogP contribution in [-0.2, 0) is 14.3 Å². The third-order valence-corrected chi connectivity index (χ3v) is 1.49. The van der Waals surface area contributed by atoms with E-state index in [-0.39, 0.29) is 5.78 Å². The number of Topliss-reactive ketones (excluding diaryl/α,β-unsaturated/α-hetero) is 1. The largest absolute Gasteiger partial charge is 0.383 e. The maximum absolute atomic E-state index is 11.2. The molecule has 0 aromatic rings. The molecule has 0 radical (unpaired) electrons. The van der Waals surface area contributed by atoms with E-state index in [4.69, 9.17) is 9.47 Å². The third kappa shape index (κ3) is 4.05. The van der Waals surface area contributed by atoms with Gasteiger partial charge < -0.3 is 14.4 Å². The summed E-state index contributed by atoms with van der Waals surface area (Å²) in [6.45, 7) is 1.49. The fraction of sp³-hybridized carbons (Fsp3) is 0.667. The molecule has 0 aliphatic carbocycles. The van der Waals surface area contributed by atoms with Crippen molar-refractivity contribution in [3.05, 3.63) is 11.8 Å². The van der Waals surface area contributed by atoms with Crippen molar-refractivity contribution in [1.29, 1.82) is 0 Å². The van der Waals surface area contributed by atoms with Crippen LogP contribution in [-0.4, -0.2) is 45.3 Å². The molecule has 4 heteroatoms. The summed E-state index contributed by atoms with van der Waals surface area (Å²) in [5, 5.41) is 0. The summed E-state index contributed by atoms with van der Waals surface area (Å²) in [7, 11) is 6.68. The highest BCUT2D eigenvalue weighted by molar-refractivity contribution is 5.93. The molecule has 76 valence electrons. The molecule has 0 N–H and O–H groups in total. The number of carbonyl (C=O) groups is 1. The average molecular weight is 187 g/mol. The molecular formula is C9H17NO3. The number of hydrogen-bond donors (Lipinski definition) is 0. The maximum atomic E-state index is 11.2. The first-order valence-electron chi connectivity index (χ1n) is 3.97. The number of methoxy groups -OCH3 is 2. The van der Waals surface area contributed by atoms with Gasteiger partial charge in [0.15, 0.2) is 12.1 Å². The first-order chi connectivity index (χ1) is 6.02. The van der Waals surface area contributed by atoms with Gasteiger partial charge in [-0.3, -0.25) is 4.79 Å². The van der Waals surface area contributed by atoms with Crippen molar-refractivity contribution < 1.29 is 14.3 Å². The lowest BCUT2D eigenvalue weighted by molar-refractivity contribution is -0.121. The first kappa shape index (κ1) is 12.1. The van der Waals surface area contributed by atoms with Crippen LogP contribution in [0.15, 0.2) is 11.8 Å². The Balaban J connectivity index is 4.68. The standard InChI is InChI=1S/C9H17NO3/c1-7(11)8(6-10(2)3)9(12-4)13-5/h6,9H,1-5H3. The Morgan fingerprint density at radius 1 is 1.31 bits per heavy atom. The molecule has 13 heavy (non-hydrogen) atoms. The molecule has 0 unspecified atom stereocenters. The SMILES string of the molecule is COC(OC)C(=CN(C)C)C(C)=O. The van der Waals surface area contributed by atoms with Crippen LogP contribution in [0.1, 0.15) is 6.92 Å². The Morgan fingerprint density at radius 2 is 1.77 bits per heavy atom. The second kappa shape index (κ2) is 5.72. The molecule has 0 aromatic carbocycles. The molecule has 0 rings (SSSR count). The Kier molecular flexibility index (Phi) is 5.34. The second-order valence-corrected chi connectivity index (χ2v) is 2.91. The van der Waals surface area contributed by atoms with Gasteiger partial charge in [0.25, 0.3) is 0 Å². The van der Waals surface area contributed by atoms with Gasteiger partial charge in [-0.05, 0) is 6.92 Å². The van der Waals surface area contributed by atoms with Crippen LogP contribution in [0, 0.1) is 0 Å². The highest BCUT2D eigenvalue weighted by atomic mass is 16.7. The highest BCUT2D eigenvalue weighted by Gasteiger charge is 2.16. The third-order valence-electron chi connectivity index (χ3n) is 1.49. The zero-order valence-corrected chi connectivity index (χ0v) is 8.83. The molecule has 0 amide bonds. The molecule has 4 nitrogen and oxygen atoms in total. The predicted octanol–water partition coefficient (Wildman–Crippen LogP) is 0.640. The van der Waals surface area contributed by atoms with E-state index >= 15 is 0 Å². The van der Waals surface area contributed by atoms with Crippen LogP contribution in [0.3, 0.4) is 0 Å². The molecule has 0 saturated heterocycles. The Hall–Kier alpha value is -0.870. The van der Waals surface area contributed by atoms with Crippen LogP contribution in [0.25, 0.3) is 0 Å². The summed E-state index contributed by atoms with van der Waals surface area (Å²) in [6, 6.07) is 0. The van der Waals surface area contributed by atoms with Crippen LogP contribution < -0.4 is 0 Å². The van der Waals surface area contributed by atoms with Crippen molar-refractivity contribution in [3.63, 3.8) is 0 Å². The van der Waals surface area contributed by atoms with Crippen molar-refractivity contribution >= 4 is 5.78 Å². The monoisotopic (exact) mass is 187 g/mol. The van der Waals surface area contributed by atoms with Gasteiger partial charge in [0.1, 0.15) is 0 Å². The fourth-order valence-electron chi connectivity index (χ4n) is 0.946. The van der Waals surface area contributed by atoms with Crippen molar-refractivity contribution in [1.82, 2.24) is 4.90 Å². The topological polar surface area (TPSA) is 38.8 Å². The van der Waals surface area contributed by atoms with Crippen LogP contribution >= 0.6 is 0 Å². The summed E-state index contributed by atoms with van der Waals surface area (Å²) in [5.41, 5.74) is 0.509. The lowest BCUT2D eigenvalue weighted by Crippen LogP contribution is -2.23. The summed E-state index contributed by atoms with van der Waals surface area (Å²) in [5.74, 6) is -0.0533. The number of carbonyl (C=O) groups excluding carboxylic acids is 1. The Morgan fingerprint density at radius 3 is 2.00 bits per heavy atom. The summed E-state index contributed by atoms with van der Waals surface area (Å²) in [4.78, 5) is 13.0. The number of nitrogens with zero attached hydrogens (tertiary/aromatic N) is 1. The van der Waals surface area contributed by atoms with E-state index in [2.05, 4.69) is 0 Å². The Labute approximate surface area is 79.1 Å². The molecule has 0 atom stereocenters. The van der Waals surface area contributed by atoms with E-state index in [0.717, 1.165) is 0 Å². The van der Waals surface area contributed by atoms with Gasteiger partial charge in [0, 0.05) is 34.5 Å². The number of rotatable bonds is 5. The first-order valence-corrected chi connectivity index (χ1v) is 3.97. The Bertz CT molecular complexity index is 195. The molecular weight excluding hydrogens is 170 g/mol. The van der Waals surface area contributed by atoms with E-state index in [1.807, 2.05) is 14.1 Å². The number of ether oxygens (including phenoxy) is 2. The molecule has 0 aliphatic heterocycles. The number of ketones is 1. The summed E-state index contributed by atoms with van der Waals surface area (Å²) in [6.07, 6.45) is 1.11. The molecule has 0 fully saturated rings. The predicted molar refractivity (Wildman–Crippen MR) is 50.3 cm³/mol. The van der Waals surface area contributed by atoms with Gasteiger partial charge in [-0.15, -0.1) is 0 Å². The minimum atomic E-state index is -0.583. The zero-order chi connectivity index (χ0) is 10.4. The van der Waals surface area contributed by atoms with E-state index < -0.39 is 6.29 Å². The van der Waals surface area contributed by atoms with Crippen LogP contribution in [0.2, 0.25) is 0 Å². The van der Waals surface area contributed by atoms with E-state index in [9.17, 15) is 4.79 Å². The lowest BCUT2D eigenvalue weighted by Gasteiger charge is -2.17. The molecule has 0 bridgehead atoms. The molecule has 0 saturated carbocycles. The molecule has 0 heterocycles. The normalized spacial score (nSPS) is 12.0. The lowest BCUT2D eigenvalue weighted by atomic mass is 10.2. The number of hydrogen-bond acceptors (Lipinski definition) is 4. The highest BCUT2D eigenvalue weighted by Crippen LogP contribution is 2.08. The maximum Gasteiger partial charge on any atom is 0.187 e. The summed E-state index contributed by atoms with van der Waals surface area (Å²) < 4.78 is 9.97. The van der Waals surface area contributed by atoms with E-state index in [1.54, 1.807) is 11.1 Å². The van der Waals surface area contributed by atoms with Crippen molar-refractivity contribution in [2.24, 2.45) is 0 Å². The minimum Gasteiger partial charge on any atom is -0.383 e. The van der Waals surface area contributed by atoms with Crippen molar-refractivity contribution in [2.75, 3.05) is 28.3 Å². The average Bonchev–Trinajstić information content (AvgIpc) is 2.04. The van der Waals surface area contributed by atoms with Gasteiger partial charge in [0.2, 0.25) is 0 Å². The van der Waals surface area contributed by atoms with Gasteiger partial charge in [0.05, 0.1) is 5.57 Å². The molecule has 0 aromatic heterocycles. The van der Waals surface area contributed by atoms with E-state index in [1.165, 1.54) is 21.1 Å². The van der Waals surface area contributed by atoms with Crippen molar-refractivity contribution in [3.8, 4) is 0 Å². The molecule has 0 spiro atoms. The van der Waals surface area contributed by atoms with E-state index in [0.29, 0.717) is 5.57 Å². The smallest absolute Gasteiger partial charge is 0.187 e. The van der Waals surface area contributed by atoms with Crippen molar-refractivity contribution in [2.45, 2.75) is 13.2 Å². The van der Waals surface area contributed by atoms with Gasteiger partial charge in [-0.2, -0.15) is 0 Å². The quantitative estimate of drug-likeness (QED) is 0.467. The molecule has 0 aliphatic rings. The second-order valence-electron chi connectivity index (χ2n) is 2.91. The zero-order valence-electron chi connectivity index (χ0n) is 8.83. The van der Waals surface area contributed by atoms with Gasteiger partial charge >= 0.3 is 0 Å². The summed E-state index contributed by atoms with van der Waals surface area (Å²) >= 11 is 0. The fourth-order valence-corrected chi connectivity index (χ4v) is 0.946. The minimum absolute atomic E-state index is 0.0533. The van der Waals surface area contributed by atoms with Gasteiger partial charge in [-0.1, -0.05) is 0 Å². The van der Waals surface area contributed by atoms with Gasteiger partial charge in [-0.25, -0.2) is 0 Å².